The summed E-state index contributed by atoms with van der Waals surface area (Å²) < 4.78 is 31.9. The van der Waals surface area contributed by atoms with Gasteiger partial charge in [-0.05, 0) is 64.2 Å². The van der Waals surface area contributed by atoms with E-state index in [1.165, 1.54) is 4.31 Å². The van der Waals surface area contributed by atoms with Crippen molar-refractivity contribution in [3.8, 4) is 0 Å². The second-order valence-corrected chi connectivity index (χ2v) is 8.89. The van der Waals surface area contributed by atoms with Crippen LogP contribution < -0.4 is 5.32 Å². The zero-order valence-electron chi connectivity index (χ0n) is 15.2. The van der Waals surface area contributed by atoms with Gasteiger partial charge in [0.2, 0.25) is 10.0 Å². The number of sulfonamides is 1. The lowest BCUT2D eigenvalue weighted by Crippen LogP contribution is -2.44. The fraction of sp³-hybridized carbons (Fsp3) is 0.588. The molecule has 1 saturated heterocycles. The molecule has 0 aromatic heterocycles. The average molecular weight is 386 g/mol. The van der Waals surface area contributed by atoms with E-state index in [0.29, 0.717) is 31.4 Å². The molecule has 2 rings (SSSR count). The molecule has 1 N–H and O–H groups in total. The highest BCUT2D eigenvalue weighted by molar-refractivity contribution is 7.89. The van der Waals surface area contributed by atoms with Crippen LogP contribution >= 0.6 is 12.2 Å². The molecule has 25 heavy (non-hydrogen) atoms. The van der Waals surface area contributed by atoms with Crippen LogP contribution in [0.5, 0.6) is 0 Å². The summed E-state index contributed by atoms with van der Waals surface area (Å²) in [5.74, 6) is 0. The fourth-order valence-corrected chi connectivity index (χ4v) is 4.85. The number of thiocarbonyl (C=S) groups is 1. The van der Waals surface area contributed by atoms with Crippen LogP contribution in [0, 0.1) is 0 Å². The number of rotatable bonds is 5. The van der Waals surface area contributed by atoms with E-state index >= 15 is 0 Å². The van der Waals surface area contributed by atoms with Crippen molar-refractivity contribution in [1.29, 1.82) is 0 Å². The van der Waals surface area contributed by atoms with E-state index in [1.54, 1.807) is 24.3 Å². The number of nitrogens with zero attached hydrogens (tertiary/aromatic N) is 2. The molecule has 1 aromatic carbocycles. The maximum Gasteiger partial charge on any atom is 0.243 e. The third kappa shape index (κ3) is 4.91. The maximum absolute atomic E-state index is 12.6. The van der Waals surface area contributed by atoms with Gasteiger partial charge < -0.3 is 15.0 Å². The number of hydrogen-bond acceptors (Lipinski definition) is 4. The fourth-order valence-electron chi connectivity index (χ4n) is 2.90. The first-order valence-corrected chi connectivity index (χ1v) is 10.4. The van der Waals surface area contributed by atoms with Gasteiger partial charge in [0.25, 0.3) is 0 Å². The van der Waals surface area contributed by atoms with Gasteiger partial charge in [0.1, 0.15) is 0 Å². The minimum Gasteiger partial charge on any atom is -0.379 e. The van der Waals surface area contributed by atoms with Crippen molar-refractivity contribution >= 4 is 33.0 Å². The Kier molecular flexibility index (Phi) is 6.79. The summed E-state index contributed by atoms with van der Waals surface area (Å²) >= 11 is 5.49. The third-order valence-electron chi connectivity index (χ3n) is 4.06. The molecule has 0 amide bonds. The quantitative estimate of drug-likeness (QED) is 0.786. The minimum absolute atomic E-state index is 0.279. The molecule has 0 aliphatic carbocycles. The van der Waals surface area contributed by atoms with Gasteiger partial charge in [0, 0.05) is 30.9 Å². The molecule has 1 aliphatic heterocycles. The lowest BCUT2D eigenvalue weighted by molar-refractivity contribution is 0.0730. The van der Waals surface area contributed by atoms with Crippen LogP contribution in [0.1, 0.15) is 27.7 Å². The summed E-state index contributed by atoms with van der Waals surface area (Å²) in [4.78, 5) is 2.39. The molecule has 0 unspecified atom stereocenters. The Morgan fingerprint density at radius 1 is 1.12 bits per heavy atom. The van der Waals surface area contributed by atoms with Crippen molar-refractivity contribution in [1.82, 2.24) is 9.21 Å². The van der Waals surface area contributed by atoms with Crippen LogP contribution in [0.3, 0.4) is 0 Å². The van der Waals surface area contributed by atoms with E-state index in [2.05, 4.69) is 37.9 Å². The summed E-state index contributed by atoms with van der Waals surface area (Å²) in [6.45, 7) is 10.0. The van der Waals surface area contributed by atoms with E-state index in [0.717, 1.165) is 5.69 Å². The number of hydrogen-bond donors (Lipinski definition) is 1. The van der Waals surface area contributed by atoms with Crippen molar-refractivity contribution < 1.29 is 13.2 Å². The zero-order valence-corrected chi connectivity index (χ0v) is 16.9. The summed E-state index contributed by atoms with van der Waals surface area (Å²) in [5.41, 5.74) is 0.775. The summed E-state index contributed by atoms with van der Waals surface area (Å²) in [6, 6.07) is 7.29. The monoisotopic (exact) mass is 385 g/mol. The highest BCUT2D eigenvalue weighted by Crippen LogP contribution is 2.20. The number of ether oxygens (including phenoxy) is 1. The molecule has 1 aliphatic rings. The largest absolute Gasteiger partial charge is 0.379 e. The normalized spacial score (nSPS) is 16.2. The summed E-state index contributed by atoms with van der Waals surface area (Å²) in [7, 11) is -3.47. The Morgan fingerprint density at radius 3 is 2.12 bits per heavy atom. The highest BCUT2D eigenvalue weighted by atomic mass is 32.2. The predicted molar refractivity (Wildman–Crippen MR) is 104 cm³/mol. The van der Waals surface area contributed by atoms with E-state index in [9.17, 15) is 8.42 Å². The van der Waals surface area contributed by atoms with Gasteiger partial charge in [-0.3, -0.25) is 0 Å². The first-order valence-electron chi connectivity index (χ1n) is 8.50. The van der Waals surface area contributed by atoms with E-state index < -0.39 is 10.0 Å². The van der Waals surface area contributed by atoms with Gasteiger partial charge in [0.05, 0.1) is 18.1 Å². The lowest BCUT2D eigenvalue weighted by atomic mass is 10.2. The van der Waals surface area contributed by atoms with Crippen LogP contribution in [0.15, 0.2) is 29.2 Å². The van der Waals surface area contributed by atoms with Gasteiger partial charge in [-0.1, -0.05) is 0 Å². The Balaban J connectivity index is 2.10. The summed E-state index contributed by atoms with van der Waals surface area (Å²) in [6.07, 6.45) is 0. The second kappa shape index (κ2) is 8.44. The first-order chi connectivity index (χ1) is 11.7. The first kappa shape index (κ1) is 20.1. The predicted octanol–water partition coefficient (Wildman–Crippen LogP) is 2.52. The minimum atomic E-state index is -3.47. The molecule has 0 saturated carbocycles. The van der Waals surface area contributed by atoms with Crippen LogP contribution in [-0.4, -0.2) is 61.1 Å². The molecule has 0 bridgehead atoms. The maximum atomic E-state index is 12.6. The van der Waals surface area contributed by atoms with E-state index in [-0.39, 0.29) is 17.0 Å². The SMILES string of the molecule is CC(C)N(C(=S)Nc1ccc(S(=O)(=O)N2CCOCC2)cc1)C(C)C. The standard InChI is InChI=1S/C17H27N3O3S2/c1-13(2)20(14(3)4)17(24)18-15-5-7-16(8-6-15)25(21,22)19-9-11-23-12-10-19/h5-8,13-14H,9-12H2,1-4H3,(H,18,24). The van der Waals surface area contributed by atoms with Gasteiger partial charge in [-0.15, -0.1) is 0 Å². The molecule has 1 aromatic rings. The van der Waals surface area contributed by atoms with Gasteiger partial charge in [0.15, 0.2) is 5.11 Å². The molecule has 1 heterocycles. The van der Waals surface area contributed by atoms with Crippen LogP contribution in [-0.2, 0) is 14.8 Å². The molecule has 0 radical (unpaired) electrons. The van der Waals surface area contributed by atoms with Crippen LogP contribution in [0.4, 0.5) is 5.69 Å². The molecule has 0 spiro atoms. The third-order valence-corrected chi connectivity index (χ3v) is 6.29. The zero-order chi connectivity index (χ0) is 18.6. The average Bonchev–Trinajstić information content (AvgIpc) is 2.55. The molecule has 1 fully saturated rings. The van der Waals surface area contributed by atoms with Crippen LogP contribution in [0.2, 0.25) is 0 Å². The molecular formula is C17H27N3O3S2. The molecule has 8 heteroatoms. The van der Waals surface area contributed by atoms with Crippen molar-refractivity contribution in [3.05, 3.63) is 24.3 Å². The Hall–Kier alpha value is -1.22. The molecule has 0 atom stereocenters. The lowest BCUT2D eigenvalue weighted by Gasteiger charge is -2.33. The Bertz CT molecular complexity index is 674. The molecule has 140 valence electrons. The van der Waals surface area contributed by atoms with Crippen molar-refractivity contribution in [2.75, 3.05) is 31.6 Å². The number of morpholine rings is 1. The van der Waals surface area contributed by atoms with E-state index in [1.807, 2.05) is 0 Å². The molecule has 6 nitrogen and oxygen atoms in total. The van der Waals surface area contributed by atoms with Gasteiger partial charge >= 0.3 is 0 Å². The number of nitrogens with one attached hydrogen (secondary N) is 1. The van der Waals surface area contributed by atoms with Crippen molar-refractivity contribution in [3.63, 3.8) is 0 Å². The topological polar surface area (TPSA) is 61.9 Å². The van der Waals surface area contributed by atoms with Gasteiger partial charge in [-0.25, -0.2) is 8.42 Å². The number of benzene rings is 1. The Labute approximate surface area is 156 Å². The Morgan fingerprint density at radius 2 is 1.64 bits per heavy atom. The van der Waals surface area contributed by atoms with E-state index in [4.69, 9.17) is 17.0 Å². The summed E-state index contributed by atoms with van der Waals surface area (Å²) in [5, 5.41) is 3.82. The highest BCUT2D eigenvalue weighted by Gasteiger charge is 2.26. The smallest absolute Gasteiger partial charge is 0.243 e. The second-order valence-electron chi connectivity index (χ2n) is 6.57. The van der Waals surface area contributed by atoms with Gasteiger partial charge in [-0.2, -0.15) is 4.31 Å². The number of anilines is 1. The van der Waals surface area contributed by atoms with Crippen LogP contribution in [0.25, 0.3) is 0 Å². The van der Waals surface area contributed by atoms with Crippen molar-refractivity contribution in [2.24, 2.45) is 0 Å². The molecular weight excluding hydrogens is 358 g/mol. The van der Waals surface area contributed by atoms with Crippen molar-refractivity contribution in [2.45, 2.75) is 44.7 Å².